The Bertz CT molecular complexity index is 688. The van der Waals surface area contributed by atoms with Crippen LogP contribution >= 0.6 is 0 Å². The van der Waals surface area contributed by atoms with Gasteiger partial charge in [0.2, 0.25) is 0 Å². The van der Waals surface area contributed by atoms with Crippen LogP contribution in [-0.2, 0) is 0 Å². The molecule has 162 valence electrons. The summed E-state index contributed by atoms with van der Waals surface area (Å²) >= 11 is 0. The predicted molar refractivity (Wildman–Crippen MR) is 119 cm³/mol. The Kier molecular flexibility index (Phi) is 8.08. The van der Waals surface area contributed by atoms with Crippen LogP contribution in [-0.4, -0.2) is 48.1 Å². The van der Waals surface area contributed by atoms with E-state index in [1.807, 2.05) is 20.8 Å². The molecule has 1 aromatic carbocycles. The molecule has 1 aliphatic heterocycles. The highest BCUT2D eigenvalue weighted by Gasteiger charge is 2.26. The summed E-state index contributed by atoms with van der Waals surface area (Å²) in [4.78, 5) is 27.3. The monoisotopic (exact) mass is 402 g/mol. The number of rotatable bonds is 6. The number of carbonyl (C=O) groups is 2. The molecule has 0 radical (unpaired) electrons. The highest BCUT2D eigenvalue weighted by Crippen LogP contribution is 2.21. The van der Waals surface area contributed by atoms with Gasteiger partial charge in [-0.25, -0.2) is 4.79 Å². The quantitative estimate of drug-likeness (QED) is 0.671. The molecule has 3 N–H and O–H groups in total. The first-order valence-electron chi connectivity index (χ1n) is 10.8. The van der Waals surface area contributed by atoms with Crippen LogP contribution in [0.15, 0.2) is 24.3 Å². The van der Waals surface area contributed by atoms with Gasteiger partial charge in [0, 0.05) is 29.4 Å². The summed E-state index contributed by atoms with van der Waals surface area (Å²) in [5, 5.41) is 8.81. The van der Waals surface area contributed by atoms with Crippen molar-refractivity contribution in [3.05, 3.63) is 29.8 Å². The van der Waals surface area contributed by atoms with Gasteiger partial charge in [0.1, 0.15) is 0 Å². The molecule has 1 unspecified atom stereocenters. The minimum atomic E-state index is -0.310. The third-order valence-electron chi connectivity index (χ3n) is 5.40. The second-order valence-corrected chi connectivity index (χ2v) is 9.65. The molecule has 1 atom stereocenters. The molecule has 0 bridgehead atoms. The number of urea groups is 1. The molecule has 2 rings (SSSR count). The average Bonchev–Trinajstić information content (AvgIpc) is 2.62. The third kappa shape index (κ3) is 7.69. The summed E-state index contributed by atoms with van der Waals surface area (Å²) in [5.41, 5.74) is 0.827. The van der Waals surface area contributed by atoms with Crippen molar-refractivity contribution in [3.63, 3.8) is 0 Å². The Morgan fingerprint density at radius 1 is 1.17 bits per heavy atom. The Morgan fingerprint density at radius 3 is 2.41 bits per heavy atom. The van der Waals surface area contributed by atoms with Crippen LogP contribution in [0.3, 0.4) is 0 Å². The first kappa shape index (κ1) is 23.2. The molecular weight excluding hydrogens is 364 g/mol. The van der Waals surface area contributed by atoms with E-state index in [0.29, 0.717) is 29.8 Å². The highest BCUT2D eigenvalue weighted by atomic mass is 16.2. The van der Waals surface area contributed by atoms with E-state index in [1.165, 1.54) is 12.8 Å². The fourth-order valence-electron chi connectivity index (χ4n) is 3.67. The molecule has 1 aliphatic rings. The summed E-state index contributed by atoms with van der Waals surface area (Å²) in [6.07, 6.45) is 2.44. The summed E-state index contributed by atoms with van der Waals surface area (Å²) in [5.74, 6) is 1.10. The van der Waals surface area contributed by atoms with Crippen molar-refractivity contribution in [2.45, 2.75) is 66.0 Å². The first-order chi connectivity index (χ1) is 13.5. The Labute approximate surface area is 175 Å². The normalized spacial score (nSPS) is 17.1. The van der Waals surface area contributed by atoms with Gasteiger partial charge in [-0.1, -0.05) is 26.8 Å². The second kappa shape index (κ2) is 10.1. The number of carbonyl (C=O) groups excluding carboxylic acids is 2. The maximum atomic E-state index is 12.4. The molecule has 1 heterocycles. The van der Waals surface area contributed by atoms with E-state index >= 15 is 0 Å². The largest absolute Gasteiger partial charge is 0.347 e. The fourth-order valence-corrected chi connectivity index (χ4v) is 3.67. The number of hydrogen-bond acceptors (Lipinski definition) is 3. The molecule has 6 heteroatoms. The summed E-state index contributed by atoms with van der Waals surface area (Å²) < 4.78 is 0. The van der Waals surface area contributed by atoms with E-state index < -0.39 is 0 Å². The van der Waals surface area contributed by atoms with Crippen LogP contribution < -0.4 is 16.0 Å². The van der Waals surface area contributed by atoms with Crippen molar-refractivity contribution in [1.29, 1.82) is 0 Å². The molecule has 0 aliphatic carbocycles. The number of nitrogens with zero attached hydrogens (tertiary/aromatic N) is 1. The summed E-state index contributed by atoms with van der Waals surface area (Å²) in [6, 6.07) is 7.10. The van der Waals surface area contributed by atoms with Crippen LogP contribution in [0, 0.1) is 11.8 Å². The number of anilines is 1. The molecule has 3 amide bonds. The van der Waals surface area contributed by atoms with Gasteiger partial charge in [-0.05, 0) is 76.7 Å². The van der Waals surface area contributed by atoms with Crippen LogP contribution in [0.1, 0.15) is 64.7 Å². The highest BCUT2D eigenvalue weighted by molar-refractivity contribution is 5.97. The topological polar surface area (TPSA) is 73.5 Å². The number of likely N-dealkylation sites (tertiary alicyclic amines) is 1. The Hall–Kier alpha value is -2.08. The number of amides is 3. The van der Waals surface area contributed by atoms with Crippen molar-refractivity contribution in [2.24, 2.45) is 11.8 Å². The number of nitrogens with one attached hydrogen (secondary N) is 3. The molecule has 0 spiro atoms. The maximum absolute atomic E-state index is 12.4. The predicted octanol–water partition coefficient (Wildman–Crippen LogP) is 4.09. The molecule has 0 aromatic heterocycles. The van der Waals surface area contributed by atoms with Gasteiger partial charge in [-0.3, -0.25) is 9.69 Å². The molecular formula is C23H38N4O2. The lowest BCUT2D eigenvalue weighted by Crippen LogP contribution is -2.50. The molecule has 0 saturated carbocycles. The van der Waals surface area contributed by atoms with E-state index in [2.05, 4.69) is 41.6 Å². The van der Waals surface area contributed by atoms with Gasteiger partial charge in [0.15, 0.2) is 0 Å². The fraction of sp³-hybridized carbons (Fsp3) is 0.652. The molecule has 1 saturated heterocycles. The van der Waals surface area contributed by atoms with E-state index in [4.69, 9.17) is 0 Å². The van der Waals surface area contributed by atoms with Gasteiger partial charge in [-0.2, -0.15) is 0 Å². The van der Waals surface area contributed by atoms with Crippen molar-refractivity contribution in [2.75, 3.05) is 25.0 Å². The van der Waals surface area contributed by atoms with Crippen LogP contribution in [0.5, 0.6) is 0 Å². The number of piperidine rings is 1. The van der Waals surface area contributed by atoms with Gasteiger partial charge >= 0.3 is 6.03 Å². The average molecular weight is 403 g/mol. The smallest absolute Gasteiger partial charge is 0.319 e. The van der Waals surface area contributed by atoms with Crippen LogP contribution in [0.4, 0.5) is 10.5 Å². The lowest BCUT2D eigenvalue weighted by molar-refractivity contribution is 0.0919. The zero-order valence-corrected chi connectivity index (χ0v) is 18.8. The van der Waals surface area contributed by atoms with E-state index in [9.17, 15) is 9.59 Å². The zero-order chi connectivity index (χ0) is 21.6. The Balaban J connectivity index is 1.91. The molecule has 29 heavy (non-hydrogen) atoms. The van der Waals surface area contributed by atoms with Crippen molar-refractivity contribution < 1.29 is 9.59 Å². The van der Waals surface area contributed by atoms with Crippen molar-refractivity contribution in [1.82, 2.24) is 15.5 Å². The summed E-state index contributed by atoms with van der Waals surface area (Å²) in [7, 11) is 0. The van der Waals surface area contributed by atoms with E-state index in [0.717, 1.165) is 19.0 Å². The SMILES string of the molecule is CC1CCN(C(CNC(=O)Nc2cccc(C(=O)NC(C)(C)C)c2)C(C)C)CC1. The minimum Gasteiger partial charge on any atom is -0.347 e. The van der Waals surface area contributed by atoms with Gasteiger partial charge in [0.25, 0.3) is 5.91 Å². The molecule has 1 aromatic rings. The Morgan fingerprint density at radius 2 is 1.83 bits per heavy atom. The van der Waals surface area contributed by atoms with E-state index in [-0.39, 0.29) is 17.5 Å². The molecule has 6 nitrogen and oxygen atoms in total. The van der Waals surface area contributed by atoms with Gasteiger partial charge in [-0.15, -0.1) is 0 Å². The first-order valence-corrected chi connectivity index (χ1v) is 10.8. The summed E-state index contributed by atoms with van der Waals surface area (Å²) in [6.45, 7) is 15.3. The minimum absolute atomic E-state index is 0.152. The molecule has 1 fully saturated rings. The number of benzene rings is 1. The lowest BCUT2D eigenvalue weighted by Gasteiger charge is -2.38. The van der Waals surface area contributed by atoms with Crippen LogP contribution in [0.25, 0.3) is 0 Å². The third-order valence-corrected chi connectivity index (χ3v) is 5.40. The van der Waals surface area contributed by atoms with Crippen molar-refractivity contribution in [3.8, 4) is 0 Å². The second-order valence-electron chi connectivity index (χ2n) is 9.65. The standard InChI is InChI=1S/C23H38N4O2/c1-16(2)20(27-12-10-17(3)11-13-27)15-24-22(29)25-19-9-7-8-18(14-19)21(28)26-23(4,5)6/h7-9,14,16-17,20H,10-13,15H2,1-6H3,(H,26,28)(H2,24,25,29). The number of hydrogen-bond donors (Lipinski definition) is 3. The van der Waals surface area contributed by atoms with Gasteiger partial charge in [0.05, 0.1) is 0 Å². The van der Waals surface area contributed by atoms with Crippen molar-refractivity contribution >= 4 is 17.6 Å². The lowest BCUT2D eigenvalue weighted by atomic mass is 9.94. The zero-order valence-electron chi connectivity index (χ0n) is 18.8. The maximum Gasteiger partial charge on any atom is 0.319 e. The van der Waals surface area contributed by atoms with E-state index in [1.54, 1.807) is 24.3 Å². The van der Waals surface area contributed by atoms with Gasteiger partial charge < -0.3 is 16.0 Å². The van der Waals surface area contributed by atoms with Crippen LogP contribution in [0.2, 0.25) is 0 Å².